The molecule has 1 aromatic carbocycles. The molecule has 1 aromatic heterocycles. The molecule has 6 radical (unpaired) electrons. The van der Waals surface area contributed by atoms with Crippen molar-refractivity contribution < 1.29 is 14.6 Å². The second-order valence-corrected chi connectivity index (χ2v) is 13.7. The molecule has 0 amide bonds. The zero-order valence-corrected chi connectivity index (χ0v) is 25.1. The third kappa shape index (κ3) is 5.15. The first-order valence-electron chi connectivity index (χ1n) is 15.4. The molecule has 2 fully saturated rings. The van der Waals surface area contributed by atoms with Crippen molar-refractivity contribution >= 4 is 35.0 Å². The number of aliphatic hydroxyl groups is 2. The number of halogens is 1. The average molecular weight is 578 g/mol. The number of aryl methyl sites for hydroxylation is 1. The second kappa shape index (κ2) is 10.5. The van der Waals surface area contributed by atoms with Gasteiger partial charge in [-0.3, -0.25) is 4.90 Å². The summed E-state index contributed by atoms with van der Waals surface area (Å²) in [5.41, 5.74) is 10.3. The highest BCUT2D eigenvalue weighted by Gasteiger charge is 2.49. The Morgan fingerprint density at radius 1 is 1.23 bits per heavy atom. The second-order valence-electron chi connectivity index (χ2n) is 13.7. The summed E-state index contributed by atoms with van der Waals surface area (Å²) < 4.78 is 14.5. The van der Waals surface area contributed by atoms with Gasteiger partial charge in [0.1, 0.15) is 23.9 Å². The Kier molecular flexibility index (Phi) is 7.42. The van der Waals surface area contributed by atoms with Crippen LogP contribution in [0.15, 0.2) is 12.1 Å². The summed E-state index contributed by atoms with van der Waals surface area (Å²) in [5.74, 6) is -1.93. The minimum atomic E-state index is -2.89. The van der Waals surface area contributed by atoms with Gasteiger partial charge in [-0.25, -0.2) is 14.4 Å². The highest BCUT2D eigenvalue weighted by molar-refractivity contribution is 6.42. The smallest absolute Gasteiger partial charge is 0.189 e. The van der Waals surface area contributed by atoms with Crippen LogP contribution in [0.4, 0.5) is 15.9 Å². The third-order valence-corrected chi connectivity index (χ3v) is 10.6. The van der Waals surface area contributed by atoms with Crippen LogP contribution in [0.5, 0.6) is 0 Å². The molecule has 8 nitrogen and oxygen atoms in total. The molecule has 2 aromatic rings. The highest BCUT2D eigenvalue weighted by Crippen LogP contribution is 2.52. The summed E-state index contributed by atoms with van der Waals surface area (Å²) >= 11 is 0. The quantitative estimate of drug-likeness (QED) is 0.272. The number of fused-ring (bicyclic) bond motifs is 4. The molecule has 4 unspecified atom stereocenters. The normalized spacial score (nSPS) is 28.7. The monoisotopic (exact) mass is 578 g/mol. The molecule has 43 heavy (non-hydrogen) atoms. The molecule has 2 aliphatic carbocycles. The standard InChI is InChI=1S/C31H38B3FN6O2/c1-18-6-10-29(26-20(18)4-5-23(37)22(26)16-36)11-7-21-24(15-29)38-25(39-27(21)41(28(2,32)33)31(34,42)43)8-12-30-9-3-13-40(30)17-19(35)14-30/h4-5,18-19,42-43H,3,6-15,17,37H2,1-2H3. The molecule has 1 spiro atoms. The minimum absolute atomic E-state index is 0.183. The van der Waals surface area contributed by atoms with Gasteiger partial charge in [-0.1, -0.05) is 19.9 Å². The van der Waals surface area contributed by atoms with Crippen molar-refractivity contribution in [1.29, 1.82) is 5.26 Å². The van der Waals surface area contributed by atoms with E-state index in [0.29, 0.717) is 67.7 Å². The van der Waals surface area contributed by atoms with Gasteiger partial charge in [-0.2, -0.15) is 5.26 Å². The topological polar surface area (TPSA) is 123 Å². The van der Waals surface area contributed by atoms with Crippen LogP contribution in [0.3, 0.4) is 0 Å². The van der Waals surface area contributed by atoms with Gasteiger partial charge in [0.15, 0.2) is 13.7 Å². The fourth-order valence-corrected chi connectivity index (χ4v) is 8.67. The number of nitrogen functional groups attached to an aromatic ring is 1. The number of anilines is 2. The first-order valence-corrected chi connectivity index (χ1v) is 15.4. The zero-order chi connectivity index (χ0) is 30.9. The maximum atomic E-state index is 14.5. The van der Waals surface area contributed by atoms with Gasteiger partial charge in [0, 0.05) is 35.2 Å². The summed E-state index contributed by atoms with van der Waals surface area (Å²) in [7, 11) is 18.3. The lowest BCUT2D eigenvalue weighted by molar-refractivity contribution is -0.0895. The fraction of sp³-hybridized carbons (Fsp3) is 0.645. The summed E-state index contributed by atoms with van der Waals surface area (Å²) in [6.07, 6.45) is 6.26. The molecule has 3 heterocycles. The van der Waals surface area contributed by atoms with E-state index in [9.17, 15) is 19.9 Å². The molecule has 0 saturated carbocycles. The molecule has 12 heteroatoms. The Labute approximate surface area is 257 Å². The van der Waals surface area contributed by atoms with Crippen molar-refractivity contribution in [2.75, 3.05) is 23.7 Å². The molecule has 4 atom stereocenters. The van der Waals surface area contributed by atoms with Crippen molar-refractivity contribution in [2.45, 2.75) is 112 Å². The van der Waals surface area contributed by atoms with E-state index in [-0.39, 0.29) is 22.7 Å². The lowest BCUT2D eigenvalue weighted by Gasteiger charge is -2.48. The number of benzene rings is 1. The Morgan fingerprint density at radius 3 is 2.70 bits per heavy atom. The van der Waals surface area contributed by atoms with Gasteiger partial charge >= 0.3 is 0 Å². The number of nitrogens with zero attached hydrogens (tertiary/aromatic N) is 5. The Bertz CT molecular complexity index is 1460. The fourth-order valence-electron chi connectivity index (χ4n) is 8.67. The first kappa shape index (κ1) is 30.4. The number of hydrogen-bond donors (Lipinski definition) is 3. The maximum Gasteiger partial charge on any atom is 0.189 e. The summed E-state index contributed by atoms with van der Waals surface area (Å²) in [4.78, 5) is 13.1. The first-order chi connectivity index (χ1) is 20.2. The summed E-state index contributed by atoms with van der Waals surface area (Å²) in [6, 6.07) is 6.25. The van der Waals surface area contributed by atoms with Gasteiger partial charge in [-0.15, -0.1) is 0 Å². The average Bonchev–Trinajstić information content (AvgIpc) is 3.43. The number of hydrogen-bond acceptors (Lipinski definition) is 8. The predicted molar refractivity (Wildman–Crippen MR) is 166 cm³/mol. The maximum absolute atomic E-state index is 14.5. The van der Waals surface area contributed by atoms with E-state index in [1.54, 1.807) is 0 Å². The number of nitriles is 1. The van der Waals surface area contributed by atoms with Crippen LogP contribution in [0.1, 0.15) is 98.5 Å². The van der Waals surface area contributed by atoms with E-state index < -0.39 is 17.3 Å². The lowest BCUT2D eigenvalue weighted by Crippen LogP contribution is -2.62. The van der Waals surface area contributed by atoms with E-state index in [2.05, 4.69) is 17.9 Å². The molecule has 4 N–H and O–H groups in total. The number of aromatic nitrogens is 2. The molecular weight excluding hydrogens is 540 g/mol. The Balaban J connectivity index is 1.46. The molecular formula is C31H38B3FN6O2. The lowest BCUT2D eigenvalue weighted by atomic mass is 9.58. The van der Waals surface area contributed by atoms with Crippen molar-refractivity contribution in [3.05, 3.63) is 45.9 Å². The van der Waals surface area contributed by atoms with E-state index in [0.717, 1.165) is 53.9 Å². The SMILES string of the molecule is [B]C([B])(C)N(c1nc(CCC23CCCN2CC(F)C3)nc2c1CCC1(CCC(C)c3ccc(N)c(C#N)c31)C2)C([B])(O)O. The molecule has 4 aliphatic rings. The van der Waals surface area contributed by atoms with Gasteiger partial charge in [0.2, 0.25) is 0 Å². The van der Waals surface area contributed by atoms with Gasteiger partial charge in [0.25, 0.3) is 0 Å². The minimum Gasteiger partial charge on any atom is -0.398 e. The van der Waals surface area contributed by atoms with Crippen LogP contribution in [-0.2, 0) is 24.7 Å². The number of rotatable bonds is 6. The van der Waals surface area contributed by atoms with E-state index in [4.69, 9.17) is 39.2 Å². The van der Waals surface area contributed by atoms with Crippen LogP contribution >= 0.6 is 0 Å². The Hall–Kier alpha value is -2.61. The largest absolute Gasteiger partial charge is 0.398 e. The predicted octanol–water partition coefficient (Wildman–Crippen LogP) is 2.34. The highest BCUT2D eigenvalue weighted by atomic mass is 19.1. The third-order valence-electron chi connectivity index (χ3n) is 10.6. The van der Waals surface area contributed by atoms with E-state index >= 15 is 0 Å². The molecule has 220 valence electrons. The van der Waals surface area contributed by atoms with Crippen molar-refractivity contribution in [3.63, 3.8) is 0 Å². The molecule has 2 saturated heterocycles. The summed E-state index contributed by atoms with van der Waals surface area (Å²) in [6.45, 7) is 4.95. The number of nitrogens with two attached hydrogens (primary N) is 1. The van der Waals surface area contributed by atoms with Gasteiger partial charge in [0.05, 0.1) is 26.9 Å². The van der Waals surface area contributed by atoms with E-state index in [1.165, 1.54) is 6.92 Å². The van der Waals surface area contributed by atoms with Crippen LogP contribution in [0.25, 0.3) is 0 Å². The van der Waals surface area contributed by atoms with Crippen molar-refractivity contribution in [2.24, 2.45) is 0 Å². The zero-order valence-electron chi connectivity index (χ0n) is 25.1. The van der Waals surface area contributed by atoms with Crippen LogP contribution < -0.4 is 10.6 Å². The van der Waals surface area contributed by atoms with E-state index in [1.807, 2.05) is 12.1 Å². The molecule has 0 bridgehead atoms. The summed E-state index contributed by atoms with van der Waals surface area (Å²) in [5, 5.41) is 29.7. The van der Waals surface area contributed by atoms with Crippen LogP contribution in [0.2, 0.25) is 0 Å². The molecule has 6 rings (SSSR count). The Morgan fingerprint density at radius 2 is 2.00 bits per heavy atom. The number of alkyl halides is 1. The van der Waals surface area contributed by atoms with Gasteiger partial charge in [-0.05, 0) is 92.8 Å². The molecule has 2 aliphatic heterocycles. The van der Waals surface area contributed by atoms with Crippen molar-refractivity contribution in [3.8, 4) is 6.07 Å². The van der Waals surface area contributed by atoms with Crippen LogP contribution in [-0.4, -0.2) is 84.6 Å². The van der Waals surface area contributed by atoms with Crippen molar-refractivity contribution in [1.82, 2.24) is 14.9 Å². The van der Waals surface area contributed by atoms with Gasteiger partial charge < -0.3 is 20.8 Å². The van der Waals surface area contributed by atoms with Crippen LogP contribution in [0, 0.1) is 11.3 Å².